The number of nitrogens with zero attached hydrogens (tertiary/aromatic N) is 1. The summed E-state index contributed by atoms with van der Waals surface area (Å²) >= 11 is 0. The topological polar surface area (TPSA) is 89.7 Å². The quantitative estimate of drug-likeness (QED) is 0.286. The summed E-state index contributed by atoms with van der Waals surface area (Å²) in [6.45, 7) is 0.657. The fourth-order valence-electron chi connectivity index (χ4n) is 6.76. The Bertz CT molecular complexity index is 1270. The van der Waals surface area contributed by atoms with Gasteiger partial charge < -0.3 is 15.4 Å². The molecular formula is C36H42N2O4. The van der Waals surface area contributed by atoms with Gasteiger partial charge in [0.15, 0.2) is 5.78 Å². The van der Waals surface area contributed by atoms with E-state index in [2.05, 4.69) is 0 Å². The van der Waals surface area contributed by atoms with E-state index in [1.807, 2.05) is 91.0 Å². The van der Waals surface area contributed by atoms with Crippen LogP contribution in [-0.2, 0) is 25.7 Å². The predicted molar refractivity (Wildman–Crippen MR) is 163 cm³/mol. The standard InChI is InChI=1S/C36H42N2O4/c37-34(29-20-11-4-12-21-29)35(40)38-23-13-22-31(38)32(39)24-30(36(41)42-25-26-14-5-1-6-15-26)33(27-16-7-2-8-17-27)28-18-9-3-10-19-28/h1-3,5-10,14-19,29-31,33-34H,4,11-13,20-25,37H2/t30-,31-,34-/m0/s1. The SMILES string of the molecule is N[C@H](C(=O)N1CCC[C@H]1C(=O)C[C@H](C(=O)OCc1ccccc1)C(c1ccccc1)c1ccccc1)C1CCCCC1. The molecule has 6 nitrogen and oxygen atoms in total. The highest BCUT2D eigenvalue weighted by Gasteiger charge is 2.41. The number of carbonyl (C=O) groups is 3. The highest BCUT2D eigenvalue weighted by Crippen LogP contribution is 2.37. The molecule has 1 amide bonds. The zero-order chi connectivity index (χ0) is 29.3. The number of nitrogens with two attached hydrogens (primary N) is 1. The smallest absolute Gasteiger partial charge is 0.310 e. The van der Waals surface area contributed by atoms with Crippen molar-refractivity contribution in [2.24, 2.45) is 17.6 Å². The third-order valence-corrected chi connectivity index (χ3v) is 9.02. The summed E-state index contributed by atoms with van der Waals surface area (Å²) in [4.78, 5) is 43.3. The molecule has 0 radical (unpaired) electrons. The van der Waals surface area contributed by atoms with Gasteiger partial charge in [0.05, 0.1) is 18.0 Å². The minimum atomic E-state index is -0.754. The van der Waals surface area contributed by atoms with E-state index in [-0.39, 0.29) is 36.6 Å². The molecule has 3 aromatic rings. The maximum atomic E-state index is 14.1. The second-order valence-corrected chi connectivity index (χ2v) is 11.8. The average molecular weight is 567 g/mol. The van der Waals surface area contributed by atoms with Crippen LogP contribution in [0.4, 0.5) is 0 Å². The Morgan fingerprint density at radius 2 is 1.33 bits per heavy atom. The van der Waals surface area contributed by atoms with Crippen molar-refractivity contribution in [3.8, 4) is 0 Å². The van der Waals surface area contributed by atoms with E-state index in [1.165, 1.54) is 6.42 Å². The van der Waals surface area contributed by atoms with Crippen LogP contribution < -0.4 is 5.73 Å². The van der Waals surface area contributed by atoms with Crippen LogP contribution in [0.5, 0.6) is 0 Å². The van der Waals surface area contributed by atoms with Crippen LogP contribution in [0, 0.1) is 11.8 Å². The van der Waals surface area contributed by atoms with Gasteiger partial charge >= 0.3 is 5.97 Å². The molecule has 0 bridgehead atoms. The Morgan fingerprint density at radius 3 is 1.93 bits per heavy atom. The number of ether oxygens (including phenoxy) is 1. The van der Waals surface area contributed by atoms with Gasteiger partial charge in [0, 0.05) is 18.9 Å². The third kappa shape index (κ3) is 7.16. The van der Waals surface area contributed by atoms with E-state index in [0.717, 1.165) is 48.8 Å². The lowest BCUT2D eigenvalue weighted by atomic mass is 9.77. The number of hydrogen-bond donors (Lipinski definition) is 1. The summed E-state index contributed by atoms with van der Waals surface area (Å²) in [5.74, 6) is -1.60. The van der Waals surface area contributed by atoms with Crippen LogP contribution in [0.15, 0.2) is 91.0 Å². The average Bonchev–Trinajstić information content (AvgIpc) is 3.55. The lowest BCUT2D eigenvalue weighted by Gasteiger charge is -2.33. The highest BCUT2D eigenvalue weighted by atomic mass is 16.5. The number of carbonyl (C=O) groups excluding carboxylic acids is 3. The summed E-state index contributed by atoms with van der Waals surface area (Å²) in [6, 6.07) is 28.1. The highest BCUT2D eigenvalue weighted by molar-refractivity contribution is 5.93. The molecule has 0 spiro atoms. The molecule has 3 atom stereocenters. The van der Waals surface area contributed by atoms with Crippen LogP contribution in [0.2, 0.25) is 0 Å². The van der Waals surface area contributed by atoms with Crippen LogP contribution in [0.1, 0.15) is 74.0 Å². The number of benzene rings is 3. The van der Waals surface area contributed by atoms with Gasteiger partial charge in [0.1, 0.15) is 6.61 Å². The van der Waals surface area contributed by atoms with Gasteiger partial charge in [-0.15, -0.1) is 0 Å². The number of likely N-dealkylation sites (tertiary alicyclic amines) is 1. The van der Waals surface area contributed by atoms with E-state index < -0.39 is 24.0 Å². The number of esters is 1. The Balaban J connectivity index is 1.40. The second kappa shape index (κ2) is 14.4. The van der Waals surface area contributed by atoms with Crippen molar-refractivity contribution in [3.63, 3.8) is 0 Å². The third-order valence-electron chi connectivity index (χ3n) is 9.02. The number of ketones is 1. The van der Waals surface area contributed by atoms with Crippen molar-refractivity contribution in [2.45, 2.75) is 76.0 Å². The largest absolute Gasteiger partial charge is 0.461 e. The number of hydrogen-bond acceptors (Lipinski definition) is 5. The molecule has 2 N–H and O–H groups in total. The van der Waals surface area contributed by atoms with Crippen LogP contribution in [0.3, 0.4) is 0 Å². The summed E-state index contributed by atoms with van der Waals surface area (Å²) < 4.78 is 5.88. The van der Waals surface area contributed by atoms with E-state index in [4.69, 9.17) is 10.5 Å². The van der Waals surface area contributed by atoms with E-state index in [1.54, 1.807) is 4.90 Å². The van der Waals surface area contributed by atoms with Crippen molar-refractivity contribution in [2.75, 3.05) is 6.54 Å². The first-order valence-corrected chi connectivity index (χ1v) is 15.4. The number of rotatable bonds is 11. The van der Waals surface area contributed by atoms with Gasteiger partial charge in [-0.25, -0.2) is 0 Å². The zero-order valence-corrected chi connectivity index (χ0v) is 24.3. The Hall–Kier alpha value is -3.77. The van der Waals surface area contributed by atoms with Gasteiger partial charge in [0.2, 0.25) is 5.91 Å². The van der Waals surface area contributed by atoms with E-state index >= 15 is 0 Å². The number of amides is 1. The van der Waals surface area contributed by atoms with Crippen molar-refractivity contribution in [1.82, 2.24) is 4.90 Å². The van der Waals surface area contributed by atoms with Gasteiger partial charge in [-0.2, -0.15) is 0 Å². The summed E-state index contributed by atoms with van der Waals surface area (Å²) in [7, 11) is 0. The zero-order valence-electron chi connectivity index (χ0n) is 24.3. The van der Waals surface area contributed by atoms with Crippen molar-refractivity contribution >= 4 is 17.7 Å². The van der Waals surface area contributed by atoms with Gasteiger partial charge in [-0.1, -0.05) is 110 Å². The lowest BCUT2D eigenvalue weighted by Crippen LogP contribution is -2.52. The maximum Gasteiger partial charge on any atom is 0.310 e. The van der Waals surface area contributed by atoms with Gasteiger partial charge in [0.25, 0.3) is 0 Å². The van der Waals surface area contributed by atoms with Gasteiger partial charge in [-0.3, -0.25) is 14.4 Å². The first kappa shape index (κ1) is 29.7. The second-order valence-electron chi connectivity index (χ2n) is 11.8. The van der Waals surface area contributed by atoms with Crippen molar-refractivity contribution in [3.05, 3.63) is 108 Å². The molecule has 1 aliphatic carbocycles. The predicted octanol–water partition coefficient (Wildman–Crippen LogP) is 6.04. The molecule has 1 saturated carbocycles. The summed E-state index contributed by atoms with van der Waals surface area (Å²) in [5, 5.41) is 0. The molecule has 5 rings (SSSR count). The molecular weight excluding hydrogens is 524 g/mol. The fourth-order valence-corrected chi connectivity index (χ4v) is 6.76. The summed E-state index contributed by atoms with van der Waals surface area (Å²) in [5.41, 5.74) is 9.27. The van der Waals surface area contributed by atoms with Crippen molar-refractivity contribution in [1.29, 1.82) is 0 Å². The van der Waals surface area contributed by atoms with Crippen molar-refractivity contribution < 1.29 is 19.1 Å². The molecule has 1 saturated heterocycles. The molecule has 1 aliphatic heterocycles. The molecule has 0 unspecified atom stereocenters. The molecule has 2 aliphatic rings. The Morgan fingerprint density at radius 1 is 0.762 bits per heavy atom. The van der Waals surface area contributed by atoms with Crippen LogP contribution in [-0.4, -0.2) is 41.2 Å². The Kier molecular flexibility index (Phi) is 10.2. The molecule has 220 valence electrons. The molecule has 0 aromatic heterocycles. The van der Waals surface area contributed by atoms with Crippen LogP contribution in [0.25, 0.3) is 0 Å². The molecule has 3 aromatic carbocycles. The lowest BCUT2D eigenvalue weighted by molar-refractivity contribution is -0.152. The normalized spacial score (nSPS) is 18.9. The van der Waals surface area contributed by atoms with E-state index in [0.29, 0.717) is 13.0 Å². The minimum Gasteiger partial charge on any atom is -0.461 e. The molecule has 42 heavy (non-hydrogen) atoms. The first-order valence-electron chi connectivity index (χ1n) is 15.4. The number of Topliss-reactive ketones (excluding diaryl/α,β-unsaturated/α-hetero) is 1. The van der Waals surface area contributed by atoms with Crippen LogP contribution >= 0.6 is 0 Å². The fraction of sp³-hybridized carbons (Fsp3) is 0.417. The first-order chi connectivity index (χ1) is 20.5. The summed E-state index contributed by atoms with van der Waals surface area (Å²) in [6.07, 6.45) is 6.64. The molecule has 2 fully saturated rings. The van der Waals surface area contributed by atoms with E-state index in [9.17, 15) is 14.4 Å². The van der Waals surface area contributed by atoms with Gasteiger partial charge in [-0.05, 0) is 48.3 Å². The molecule has 6 heteroatoms. The molecule has 1 heterocycles. The minimum absolute atomic E-state index is 0.0187. The Labute approximate surface area is 249 Å². The monoisotopic (exact) mass is 566 g/mol. The maximum absolute atomic E-state index is 14.1.